The summed E-state index contributed by atoms with van der Waals surface area (Å²) in [6.07, 6.45) is 3.28. The molecule has 0 aliphatic heterocycles. The van der Waals surface area contributed by atoms with Crippen LogP contribution in [-0.2, 0) is 6.54 Å². The van der Waals surface area contributed by atoms with E-state index >= 15 is 0 Å². The predicted octanol–water partition coefficient (Wildman–Crippen LogP) is 2.33. The van der Waals surface area contributed by atoms with Gasteiger partial charge in [0.2, 0.25) is 5.82 Å². The Morgan fingerprint density at radius 1 is 1.23 bits per heavy atom. The zero-order valence-corrected chi connectivity index (χ0v) is 14.3. The molecule has 4 heterocycles. The Hall–Kier alpha value is -3.55. The number of nitrogens with zero attached hydrogens (tertiary/aromatic N) is 5. The van der Waals surface area contributed by atoms with E-state index in [0.29, 0.717) is 23.8 Å². The van der Waals surface area contributed by atoms with Crippen molar-refractivity contribution in [2.75, 3.05) is 0 Å². The summed E-state index contributed by atoms with van der Waals surface area (Å²) in [5, 5.41) is 10.8. The number of fused-ring (bicyclic) bond motifs is 1. The van der Waals surface area contributed by atoms with Crippen molar-refractivity contribution < 1.29 is 9.21 Å². The summed E-state index contributed by atoms with van der Waals surface area (Å²) in [6.45, 7) is 4.10. The van der Waals surface area contributed by atoms with Crippen LogP contribution in [0.15, 0.2) is 47.2 Å². The fourth-order valence-electron chi connectivity index (χ4n) is 2.78. The molecule has 0 aliphatic carbocycles. The van der Waals surface area contributed by atoms with Gasteiger partial charge in [-0.1, -0.05) is 0 Å². The number of pyridine rings is 1. The van der Waals surface area contributed by atoms with Crippen LogP contribution in [0.4, 0.5) is 0 Å². The summed E-state index contributed by atoms with van der Waals surface area (Å²) in [6, 6.07) is 9.23. The quantitative estimate of drug-likeness (QED) is 0.608. The molecule has 8 heteroatoms. The van der Waals surface area contributed by atoms with Gasteiger partial charge in [-0.05, 0) is 49.7 Å². The molecule has 4 aromatic heterocycles. The van der Waals surface area contributed by atoms with Crippen LogP contribution in [0, 0.1) is 13.8 Å². The van der Waals surface area contributed by atoms with Gasteiger partial charge < -0.3 is 9.73 Å². The van der Waals surface area contributed by atoms with Crippen molar-refractivity contribution in [1.29, 1.82) is 0 Å². The molecule has 0 radical (unpaired) electrons. The third kappa shape index (κ3) is 2.92. The molecule has 0 aliphatic rings. The Labute approximate surface area is 148 Å². The van der Waals surface area contributed by atoms with Crippen molar-refractivity contribution >= 4 is 11.7 Å². The summed E-state index contributed by atoms with van der Waals surface area (Å²) in [7, 11) is 0. The van der Waals surface area contributed by atoms with E-state index in [-0.39, 0.29) is 11.7 Å². The first-order chi connectivity index (χ1) is 12.6. The second kappa shape index (κ2) is 6.40. The van der Waals surface area contributed by atoms with Crippen LogP contribution in [0.25, 0.3) is 17.2 Å². The van der Waals surface area contributed by atoms with Crippen molar-refractivity contribution in [3.8, 4) is 11.5 Å². The fourth-order valence-corrected chi connectivity index (χ4v) is 2.78. The molecule has 0 fully saturated rings. The first-order valence-corrected chi connectivity index (χ1v) is 8.08. The van der Waals surface area contributed by atoms with Crippen LogP contribution in [-0.4, -0.2) is 30.5 Å². The van der Waals surface area contributed by atoms with E-state index in [9.17, 15) is 4.79 Å². The number of carbonyl (C=O) groups is 1. The molecule has 1 amide bonds. The fraction of sp³-hybridized carbons (Fsp3) is 0.167. The van der Waals surface area contributed by atoms with E-state index < -0.39 is 0 Å². The lowest BCUT2D eigenvalue weighted by atomic mass is 10.2. The largest absolute Gasteiger partial charge is 0.463 e. The molecule has 1 N–H and O–H groups in total. The van der Waals surface area contributed by atoms with Gasteiger partial charge in [-0.3, -0.25) is 14.2 Å². The Bertz CT molecular complexity index is 1080. The van der Waals surface area contributed by atoms with Crippen molar-refractivity contribution in [2.24, 2.45) is 0 Å². The highest BCUT2D eigenvalue weighted by Crippen LogP contribution is 2.18. The van der Waals surface area contributed by atoms with E-state index in [2.05, 4.69) is 25.5 Å². The van der Waals surface area contributed by atoms with Crippen LogP contribution in [0.2, 0.25) is 0 Å². The molecule has 130 valence electrons. The molecule has 0 aromatic carbocycles. The molecule has 4 rings (SSSR count). The minimum atomic E-state index is -0.317. The third-order valence-corrected chi connectivity index (χ3v) is 3.95. The van der Waals surface area contributed by atoms with E-state index in [1.165, 1.54) is 0 Å². The molecule has 0 spiro atoms. The SMILES string of the molecule is Cc1cc(C)n2c(C(=O)NCc3ccnc(-c4ccco4)c3)nnc2n1. The Morgan fingerprint density at radius 3 is 2.92 bits per heavy atom. The molecule has 4 aromatic rings. The van der Waals surface area contributed by atoms with Crippen LogP contribution in [0.3, 0.4) is 0 Å². The maximum atomic E-state index is 12.5. The van der Waals surface area contributed by atoms with Crippen LogP contribution >= 0.6 is 0 Å². The van der Waals surface area contributed by atoms with Gasteiger partial charge in [0.25, 0.3) is 11.7 Å². The number of furan rings is 1. The second-order valence-electron chi connectivity index (χ2n) is 5.91. The average Bonchev–Trinajstić information content (AvgIpc) is 3.29. The molecular formula is C18H16N6O2. The van der Waals surface area contributed by atoms with Gasteiger partial charge in [0, 0.05) is 24.1 Å². The van der Waals surface area contributed by atoms with Crippen molar-refractivity contribution in [3.05, 3.63) is 65.6 Å². The van der Waals surface area contributed by atoms with Crippen LogP contribution in [0.5, 0.6) is 0 Å². The number of hydrogen-bond acceptors (Lipinski definition) is 6. The molecule has 0 saturated carbocycles. The number of aromatic nitrogens is 5. The summed E-state index contributed by atoms with van der Waals surface area (Å²) in [4.78, 5) is 21.1. The standard InChI is InChI=1S/C18H16N6O2/c1-11-8-12(2)24-16(22-23-18(24)21-11)17(25)20-10-13-5-6-19-14(9-13)15-4-3-7-26-15/h3-9H,10H2,1-2H3,(H,20,25). The molecule has 8 nitrogen and oxygen atoms in total. The first kappa shape index (κ1) is 15.9. The van der Waals surface area contributed by atoms with Crippen molar-refractivity contribution in [3.63, 3.8) is 0 Å². The molecule has 0 saturated heterocycles. The zero-order valence-electron chi connectivity index (χ0n) is 14.3. The third-order valence-electron chi connectivity index (χ3n) is 3.95. The Morgan fingerprint density at radius 2 is 2.12 bits per heavy atom. The van der Waals surface area contributed by atoms with E-state index in [4.69, 9.17) is 4.42 Å². The highest BCUT2D eigenvalue weighted by atomic mass is 16.3. The number of hydrogen-bond donors (Lipinski definition) is 1. The van der Waals surface area contributed by atoms with Crippen molar-refractivity contribution in [1.82, 2.24) is 29.9 Å². The highest BCUT2D eigenvalue weighted by molar-refractivity contribution is 5.91. The van der Waals surface area contributed by atoms with Crippen LogP contribution < -0.4 is 5.32 Å². The molecule has 26 heavy (non-hydrogen) atoms. The summed E-state index contributed by atoms with van der Waals surface area (Å²) < 4.78 is 6.99. The van der Waals surface area contributed by atoms with Crippen LogP contribution in [0.1, 0.15) is 27.6 Å². The molecular weight excluding hydrogens is 332 g/mol. The maximum Gasteiger partial charge on any atom is 0.289 e. The number of carbonyl (C=O) groups excluding carboxylic acids is 1. The number of nitrogens with one attached hydrogen (secondary N) is 1. The van der Waals surface area contributed by atoms with Crippen molar-refractivity contribution in [2.45, 2.75) is 20.4 Å². The average molecular weight is 348 g/mol. The van der Waals surface area contributed by atoms with E-state index in [0.717, 1.165) is 17.0 Å². The van der Waals surface area contributed by atoms with Gasteiger partial charge in [0.15, 0.2) is 5.76 Å². The van der Waals surface area contributed by atoms with Gasteiger partial charge in [-0.25, -0.2) is 4.98 Å². The summed E-state index contributed by atoms with van der Waals surface area (Å²) in [5.41, 5.74) is 3.30. The van der Waals surface area contributed by atoms with E-state index in [1.54, 1.807) is 22.9 Å². The van der Waals surface area contributed by atoms with E-state index in [1.807, 2.05) is 38.1 Å². The smallest absolute Gasteiger partial charge is 0.289 e. The number of aryl methyl sites for hydroxylation is 2. The summed E-state index contributed by atoms with van der Waals surface area (Å²) >= 11 is 0. The van der Waals surface area contributed by atoms with Gasteiger partial charge in [-0.2, -0.15) is 0 Å². The lowest BCUT2D eigenvalue weighted by Crippen LogP contribution is -2.25. The first-order valence-electron chi connectivity index (χ1n) is 8.08. The lowest BCUT2D eigenvalue weighted by molar-refractivity contribution is 0.0939. The Balaban J connectivity index is 1.54. The minimum Gasteiger partial charge on any atom is -0.463 e. The predicted molar refractivity (Wildman–Crippen MR) is 93.4 cm³/mol. The highest BCUT2D eigenvalue weighted by Gasteiger charge is 2.16. The maximum absolute atomic E-state index is 12.5. The number of amides is 1. The number of rotatable bonds is 4. The zero-order chi connectivity index (χ0) is 18.1. The topological polar surface area (TPSA) is 98.2 Å². The lowest BCUT2D eigenvalue weighted by Gasteiger charge is -2.07. The Kier molecular flexibility index (Phi) is 3.92. The normalized spacial score (nSPS) is 11.0. The van der Waals surface area contributed by atoms with Gasteiger partial charge in [0.1, 0.15) is 5.69 Å². The van der Waals surface area contributed by atoms with Gasteiger partial charge >= 0.3 is 0 Å². The molecule has 0 unspecified atom stereocenters. The minimum absolute atomic E-state index is 0.213. The second-order valence-corrected chi connectivity index (χ2v) is 5.91. The van der Waals surface area contributed by atoms with Gasteiger partial charge in [0.05, 0.1) is 6.26 Å². The monoisotopic (exact) mass is 348 g/mol. The molecule has 0 bridgehead atoms. The van der Waals surface area contributed by atoms with Gasteiger partial charge in [-0.15, -0.1) is 10.2 Å². The summed E-state index contributed by atoms with van der Waals surface area (Å²) in [5.74, 6) is 0.989. The molecule has 0 atom stereocenters.